The molecule has 0 N–H and O–H groups in total. The third-order valence-corrected chi connectivity index (χ3v) is 0. The molecule has 1 radical (unpaired) electrons. The zero-order valence-corrected chi connectivity index (χ0v) is 7.13. The molecular formula is H2ClMoPV. The molecule has 25 valence electrons. The Bertz CT molecular complexity index is 8.00. The third-order valence-electron chi connectivity index (χ3n) is 0. The predicted octanol–water partition coefficient (Wildman–Crippen LogP) is 1.01. The third kappa shape index (κ3) is 9.01. The zero-order chi connectivity index (χ0) is 2.00. The molecule has 1 unspecified atom stereocenters. The van der Waals surface area contributed by atoms with Crippen LogP contribution in [0.3, 0.4) is 0 Å². The molecule has 0 saturated heterocycles. The number of halogens is 1. The van der Waals surface area contributed by atoms with E-state index in [1.54, 1.807) is 0 Å². The molecule has 0 aromatic rings. The molecule has 0 aromatic carbocycles. The van der Waals surface area contributed by atoms with Crippen molar-refractivity contribution in [1.82, 2.24) is 0 Å². The van der Waals surface area contributed by atoms with E-state index in [9.17, 15) is 0 Å². The first-order valence-electron chi connectivity index (χ1n) is 0.218. The van der Waals surface area contributed by atoms with Gasteiger partial charge in [-0.2, -0.15) is 0 Å². The van der Waals surface area contributed by atoms with Crippen LogP contribution in [0.2, 0.25) is 0 Å². The largest absolute Gasteiger partial charge is 0.104 e. The van der Waals surface area contributed by atoms with Crippen molar-refractivity contribution in [3.8, 4) is 0 Å². The molecule has 4 heteroatoms. The Hall–Kier alpha value is 1.99. The van der Waals surface area contributed by atoms with Crippen LogP contribution in [0.15, 0.2) is 0 Å². The van der Waals surface area contributed by atoms with Gasteiger partial charge in [0.25, 0.3) is 0 Å². The quantitative estimate of drug-likeness (QED) is 0.418. The Labute approximate surface area is 59.2 Å². The molecule has 0 nitrogen and oxygen atoms in total. The van der Waals surface area contributed by atoms with Crippen LogP contribution < -0.4 is 0 Å². The number of rotatable bonds is 0. The van der Waals surface area contributed by atoms with Gasteiger partial charge in [0.05, 0.1) is 0 Å². The molecule has 0 amide bonds. The van der Waals surface area contributed by atoms with Gasteiger partial charge < -0.3 is 0 Å². The van der Waals surface area contributed by atoms with Gasteiger partial charge in [-0.05, 0) is 8.59 Å². The van der Waals surface area contributed by atoms with E-state index in [-0.39, 0.29) is 39.6 Å². The fraction of sp³-hybridized carbons (Fsp3) is 0. The number of hydrogen-bond donors (Lipinski definition) is 0. The summed E-state index contributed by atoms with van der Waals surface area (Å²) in [5.41, 5.74) is 0. The average Bonchev–Trinajstić information content (AvgIpc) is 1.00. The standard InChI is InChI=1S/ClH2P.Mo.V/c1-2;;/h2H2;;. The summed E-state index contributed by atoms with van der Waals surface area (Å²) in [5, 5.41) is 0. The number of hydrogen-bond acceptors (Lipinski definition) is 0. The van der Waals surface area contributed by atoms with Gasteiger partial charge in [0.2, 0.25) is 0 Å². The van der Waals surface area contributed by atoms with Crippen LogP contribution in [-0.2, 0) is 39.6 Å². The van der Waals surface area contributed by atoms with E-state index in [1.165, 1.54) is 0 Å². The summed E-state index contributed by atoms with van der Waals surface area (Å²) < 4.78 is 0. The van der Waals surface area contributed by atoms with Gasteiger partial charge in [-0.25, -0.2) is 0 Å². The van der Waals surface area contributed by atoms with E-state index in [0.29, 0.717) is 0 Å². The minimum Gasteiger partial charge on any atom is -0.104 e. The second kappa shape index (κ2) is 20.0. The second-order valence-corrected chi connectivity index (χ2v) is 0. The maximum absolute atomic E-state index is 4.56. The molecule has 0 saturated carbocycles. The summed E-state index contributed by atoms with van der Waals surface area (Å²) in [7, 11) is 1.89. The van der Waals surface area contributed by atoms with Crippen LogP contribution in [0.4, 0.5) is 0 Å². The first-order chi connectivity index (χ1) is 1.00. The predicted molar refractivity (Wildman–Crippen MR) is 15.6 cm³/mol. The van der Waals surface area contributed by atoms with Gasteiger partial charge in [0.15, 0.2) is 0 Å². The van der Waals surface area contributed by atoms with E-state index in [0.717, 1.165) is 0 Å². The maximum atomic E-state index is 4.56. The molecule has 0 aliphatic carbocycles. The van der Waals surface area contributed by atoms with Crippen LogP contribution in [0, 0.1) is 0 Å². The molecule has 0 spiro atoms. The summed E-state index contributed by atoms with van der Waals surface area (Å²) >= 11 is 4.56. The van der Waals surface area contributed by atoms with Gasteiger partial charge in [-0.3, -0.25) is 0 Å². The van der Waals surface area contributed by atoms with Crippen molar-refractivity contribution in [2.45, 2.75) is 0 Å². The first-order valence-corrected chi connectivity index (χ1v) is 1.96. The van der Waals surface area contributed by atoms with E-state index < -0.39 is 0 Å². The van der Waals surface area contributed by atoms with Crippen molar-refractivity contribution < 1.29 is 39.6 Å². The monoisotopic (exact) mass is 217 g/mol. The van der Waals surface area contributed by atoms with Gasteiger partial charge in [0.1, 0.15) is 0 Å². The normalized spacial score (nSPS) is 1.50. The van der Waals surface area contributed by atoms with E-state index in [1.807, 2.05) is 8.59 Å². The molecular weight excluding hydrogens is 213 g/mol. The van der Waals surface area contributed by atoms with Crippen molar-refractivity contribution in [1.29, 1.82) is 0 Å². The summed E-state index contributed by atoms with van der Waals surface area (Å²) in [5.74, 6) is 0. The fourth-order valence-corrected chi connectivity index (χ4v) is 0. The maximum Gasteiger partial charge on any atom is 0 e. The van der Waals surface area contributed by atoms with Crippen molar-refractivity contribution >= 4 is 19.8 Å². The van der Waals surface area contributed by atoms with E-state index in [2.05, 4.69) is 11.2 Å². The van der Waals surface area contributed by atoms with Crippen LogP contribution in [0.25, 0.3) is 0 Å². The van der Waals surface area contributed by atoms with Crippen LogP contribution in [-0.4, -0.2) is 0 Å². The minimum atomic E-state index is 0. The molecule has 0 bridgehead atoms. The Morgan fingerprint density at radius 2 is 1.25 bits per heavy atom. The van der Waals surface area contributed by atoms with Crippen molar-refractivity contribution in [2.24, 2.45) is 0 Å². The van der Waals surface area contributed by atoms with Crippen molar-refractivity contribution in [2.75, 3.05) is 0 Å². The molecule has 1 atom stereocenters. The van der Waals surface area contributed by atoms with Crippen LogP contribution in [0.1, 0.15) is 0 Å². The van der Waals surface area contributed by atoms with Gasteiger partial charge in [0, 0.05) is 39.6 Å². The van der Waals surface area contributed by atoms with Gasteiger partial charge in [-0.15, -0.1) is 11.2 Å². The van der Waals surface area contributed by atoms with Gasteiger partial charge in [-0.1, -0.05) is 0 Å². The molecule has 0 aromatic heterocycles. The molecule has 0 fully saturated rings. The summed E-state index contributed by atoms with van der Waals surface area (Å²) in [4.78, 5) is 0. The summed E-state index contributed by atoms with van der Waals surface area (Å²) in [6, 6.07) is 0. The van der Waals surface area contributed by atoms with E-state index >= 15 is 0 Å². The zero-order valence-electron chi connectivity index (χ0n) is 1.81. The van der Waals surface area contributed by atoms with E-state index in [4.69, 9.17) is 0 Å². The molecule has 0 aliphatic rings. The molecule has 0 rings (SSSR count). The average molecular weight is 215 g/mol. The Kier molecular flexibility index (Phi) is 83.6. The molecule has 0 aliphatic heterocycles. The Morgan fingerprint density at radius 1 is 1.25 bits per heavy atom. The van der Waals surface area contributed by atoms with Crippen molar-refractivity contribution in [3.63, 3.8) is 0 Å². The van der Waals surface area contributed by atoms with Crippen LogP contribution in [0.5, 0.6) is 0 Å². The molecule has 4 heavy (non-hydrogen) atoms. The van der Waals surface area contributed by atoms with Crippen molar-refractivity contribution in [3.05, 3.63) is 0 Å². The van der Waals surface area contributed by atoms with Gasteiger partial charge >= 0.3 is 0 Å². The summed E-state index contributed by atoms with van der Waals surface area (Å²) in [6.07, 6.45) is 0. The Balaban J connectivity index is -0.00000000500. The second-order valence-electron chi connectivity index (χ2n) is 0. The molecule has 0 heterocycles. The van der Waals surface area contributed by atoms with Crippen LogP contribution >= 0.6 is 19.8 Å². The fourth-order valence-electron chi connectivity index (χ4n) is 0. The summed E-state index contributed by atoms with van der Waals surface area (Å²) in [6.45, 7) is 0. The topological polar surface area (TPSA) is 0 Å². The smallest absolute Gasteiger partial charge is 0 e. The first kappa shape index (κ1) is 16.7. The SMILES string of the molecule is PCl.[Mo].[V]. The minimum absolute atomic E-state index is 0. The Morgan fingerprint density at radius 3 is 1.25 bits per heavy atom.